The fraction of sp³-hybridized carbons (Fsp3) is 0.538. The van der Waals surface area contributed by atoms with Crippen molar-refractivity contribution < 1.29 is 14.1 Å². The van der Waals surface area contributed by atoms with Crippen molar-refractivity contribution >= 4 is 18.5 Å². The Morgan fingerprint density at radius 3 is 2.26 bits per heavy atom. The lowest BCUT2D eigenvalue weighted by atomic mass is 9.80. The van der Waals surface area contributed by atoms with Gasteiger partial charge in [-0.05, 0) is 33.8 Å². The molecule has 0 aliphatic carbocycles. The first-order valence-corrected chi connectivity index (χ1v) is 6.30. The van der Waals surface area contributed by atoms with E-state index in [1.165, 1.54) is 0 Å². The second-order valence-electron chi connectivity index (χ2n) is 5.81. The van der Waals surface area contributed by atoms with Gasteiger partial charge in [0, 0.05) is 17.4 Å². The maximum Gasteiger partial charge on any atom is 0.496 e. The molecular weight excluding hydrogens is 243 g/mol. The predicted octanol–water partition coefficient (Wildman–Crippen LogP) is 0.409. The van der Waals surface area contributed by atoms with Crippen LogP contribution in [0.1, 0.15) is 33.4 Å². The van der Waals surface area contributed by atoms with Gasteiger partial charge >= 0.3 is 7.12 Å². The summed E-state index contributed by atoms with van der Waals surface area (Å²) in [5, 5.41) is 0. The van der Waals surface area contributed by atoms with Crippen LogP contribution < -0.4 is 11.2 Å². The summed E-state index contributed by atoms with van der Waals surface area (Å²) in [7, 11) is -0.430. The lowest BCUT2D eigenvalue weighted by Crippen LogP contribution is -2.41. The number of aromatic nitrogens is 1. The van der Waals surface area contributed by atoms with Crippen LogP contribution in [0.3, 0.4) is 0 Å². The Balaban J connectivity index is 2.14. The Morgan fingerprint density at radius 2 is 1.84 bits per heavy atom. The maximum absolute atomic E-state index is 10.8. The molecule has 19 heavy (non-hydrogen) atoms. The summed E-state index contributed by atoms with van der Waals surface area (Å²) >= 11 is 0. The fourth-order valence-electron chi connectivity index (χ4n) is 1.84. The third-order valence-electron chi connectivity index (χ3n) is 3.73. The number of primary amides is 1. The number of rotatable bonds is 3. The number of carbonyl (C=O) groups is 1. The lowest BCUT2D eigenvalue weighted by molar-refractivity contribution is -0.117. The van der Waals surface area contributed by atoms with E-state index in [0.29, 0.717) is 5.69 Å². The molecule has 5 nitrogen and oxygen atoms in total. The molecule has 0 bridgehead atoms. The summed E-state index contributed by atoms with van der Waals surface area (Å²) in [5.74, 6) is -0.393. The number of nitrogens with zero attached hydrogens (tertiary/aromatic N) is 1. The SMILES string of the molecule is CC1(C)OB(c2ccc(CC(N)=O)nc2)OC1(C)C. The van der Waals surface area contributed by atoms with E-state index < -0.39 is 13.0 Å². The van der Waals surface area contributed by atoms with Crippen molar-refractivity contribution in [1.29, 1.82) is 0 Å². The third kappa shape index (κ3) is 2.79. The second kappa shape index (κ2) is 4.61. The van der Waals surface area contributed by atoms with Gasteiger partial charge in [-0.2, -0.15) is 0 Å². The van der Waals surface area contributed by atoms with Crippen LogP contribution in [-0.4, -0.2) is 29.2 Å². The molecule has 6 heteroatoms. The number of hydrogen-bond donors (Lipinski definition) is 1. The van der Waals surface area contributed by atoms with E-state index in [9.17, 15) is 4.79 Å². The quantitative estimate of drug-likeness (QED) is 0.800. The summed E-state index contributed by atoms with van der Waals surface area (Å²) in [4.78, 5) is 15.0. The van der Waals surface area contributed by atoms with Gasteiger partial charge in [-0.3, -0.25) is 9.78 Å². The predicted molar refractivity (Wildman–Crippen MR) is 72.9 cm³/mol. The van der Waals surface area contributed by atoms with Gasteiger partial charge in [0.25, 0.3) is 0 Å². The number of carbonyl (C=O) groups excluding carboxylic acids is 1. The van der Waals surface area contributed by atoms with Crippen molar-refractivity contribution in [3.8, 4) is 0 Å². The zero-order chi connectivity index (χ0) is 14.3. The standard InChI is InChI=1S/C13H19BN2O3/c1-12(2)13(3,4)19-14(18-12)9-5-6-10(16-8-9)7-11(15)17/h5-6,8H,7H2,1-4H3,(H2,15,17). The van der Waals surface area contributed by atoms with Gasteiger partial charge in [-0.25, -0.2) is 0 Å². The lowest BCUT2D eigenvalue weighted by Gasteiger charge is -2.32. The van der Waals surface area contributed by atoms with Gasteiger partial charge in [0.05, 0.1) is 17.6 Å². The van der Waals surface area contributed by atoms with Crippen molar-refractivity contribution in [1.82, 2.24) is 4.98 Å². The Kier molecular flexibility index (Phi) is 3.41. The smallest absolute Gasteiger partial charge is 0.399 e. The minimum atomic E-state index is -0.430. The summed E-state index contributed by atoms with van der Waals surface area (Å²) in [6.07, 6.45) is 1.81. The molecule has 0 spiro atoms. The zero-order valence-electron chi connectivity index (χ0n) is 11.8. The summed E-state index contributed by atoms with van der Waals surface area (Å²) < 4.78 is 11.8. The third-order valence-corrected chi connectivity index (χ3v) is 3.73. The second-order valence-corrected chi connectivity index (χ2v) is 5.81. The van der Waals surface area contributed by atoms with Crippen LogP contribution in [0.5, 0.6) is 0 Å². The number of pyridine rings is 1. The zero-order valence-corrected chi connectivity index (χ0v) is 11.8. The number of hydrogen-bond acceptors (Lipinski definition) is 4. The van der Waals surface area contributed by atoms with Gasteiger partial charge < -0.3 is 15.0 Å². The van der Waals surface area contributed by atoms with Crippen LogP contribution in [0.4, 0.5) is 0 Å². The van der Waals surface area contributed by atoms with Crippen molar-refractivity contribution in [3.63, 3.8) is 0 Å². The number of nitrogens with two attached hydrogens (primary N) is 1. The van der Waals surface area contributed by atoms with Crippen molar-refractivity contribution in [3.05, 3.63) is 24.0 Å². The molecule has 2 N–H and O–H groups in total. The van der Waals surface area contributed by atoms with Crippen LogP contribution in [0.2, 0.25) is 0 Å². The van der Waals surface area contributed by atoms with E-state index in [-0.39, 0.29) is 17.6 Å². The summed E-state index contributed by atoms with van der Waals surface area (Å²) in [6.45, 7) is 8.01. The Labute approximate surface area is 113 Å². The molecule has 1 aromatic rings. The Bertz CT molecular complexity index is 469. The van der Waals surface area contributed by atoms with Crippen LogP contribution >= 0.6 is 0 Å². The monoisotopic (exact) mass is 262 g/mol. The molecule has 1 amide bonds. The molecular formula is C13H19BN2O3. The molecule has 2 rings (SSSR count). The highest BCUT2D eigenvalue weighted by molar-refractivity contribution is 6.62. The normalized spacial score (nSPS) is 20.5. The van der Waals surface area contributed by atoms with E-state index in [1.54, 1.807) is 12.3 Å². The van der Waals surface area contributed by atoms with Crippen LogP contribution in [0.25, 0.3) is 0 Å². The van der Waals surface area contributed by atoms with Gasteiger partial charge in [-0.1, -0.05) is 6.07 Å². The molecule has 1 saturated heterocycles. The summed E-state index contributed by atoms with van der Waals surface area (Å²) in [5.41, 5.74) is 5.87. The van der Waals surface area contributed by atoms with Crippen molar-refractivity contribution in [2.24, 2.45) is 5.73 Å². The van der Waals surface area contributed by atoms with E-state index in [0.717, 1.165) is 5.46 Å². The number of amides is 1. The van der Waals surface area contributed by atoms with Crippen LogP contribution in [0, 0.1) is 0 Å². The average molecular weight is 262 g/mol. The molecule has 0 unspecified atom stereocenters. The van der Waals surface area contributed by atoms with Gasteiger partial charge in [0.1, 0.15) is 0 Å². The maximum atomic E-state index is 10.8. The summed E-state index contributed by atoms with van der Waals surface area (Å²) in [6, 6.07) is 3.62. The molecule has 2 heterocycles. The first-order valence-electron chi connectivity index (χ1n) is 6.30. The Morgan fingerprint density at radius 1 is 1.26 bits per heavy atom. The van der Waals surface area contributed by atoms with Gasteiger partial charge in [0.15, 0.2) is 0 Å². The van der Waals surface area contributed by atoms with Crippen LogP contribution in [-0.2, 0) is 20.5 Å². The van der Waals surface area contributed by atoms with E-state index in [1.807, 2.05) is 33.8 Å². The molecule has 0 aromatic carbocycles. The average Bonchev–Trinajstić information content (AvgIpc) is 2.48. The molecule has 0 radical (unpaired) electrons. The van der Waals surface area contributed by atoms with E-state index in [4.69, 9.17) is 15.0 Å². The molecule has 1 aliphatic rings. The minimum absolute atomic E-state index is 0.143. The largest absolute Gasteiger partial charge is 0.496 e. The first kappa shape index (κ1) is 14.0. The Hall–Kier alpha value is -1.40. The molecule has 1 aliphatic heterocycles. The molecule has 0 saturated carbocycles. The van der Waals surface area contributed by atoms with E-state index >= 15 is 0 Å². The van der Waals surface area contributed by atoms with Crippen molar-refractivity contribution in [2.45, 2.75) is 45.3 Å². The fourth-order valence-corrected chi connectivity index (χ4v) is 1.84. The minimum Gasteiger partial charge on any atom is -0.399 e. The first-order chi connectivity index (χ1) is 8.71. The van der Waals surface area contributed by atoms with Gasteiger partial charge in [0.2, 0.25) is 5.91 Å². The highest BCUT2D eigenvalue weighted by Gasteiger charge is 2.51. The van der Waals surface area contributed by atoms with E-state index in [2.05, 4.69) is 4.98 Å². The molecule has 1 fully saturated rings. The molecule has 102 valence electrons. The van der Waals surface area contributed by atoms with Crippen molar-refractivity contribution in [2.75, 3.05) is 0 Å². The topological polar surface area (TPSA) is 74.4 Å². The van der Waals surface area contributed by atoms with Crippen LogP contribution in [0.15, 0.2) is 18.3 Å². The van der Waals surface area contributed by atoms with Gasteiger partial charge in [-0.15, -0.1) is 0 Å². The highest BCUT2D eigenvalue weighted by Crippen LogP contribution is 2.36. The highest BCUT2D eigenvalue weighted by atomic mass is 16.7. The molecule has 1 aromatic heterocycles. The molecule has 0 atom stereocenters.